The Hall–Kier alpha value is -3.75. The van der Waals surface area contributed by atoms with Crippen molar-refractivity contribution in [1.29, 1.82) is 0 Å². The maximum Gasteiger partial charge on any atom is 0.573 e. The molecule has 3 aromatic carbocycles. The second kappa shape index (κ2) is 14.6. The molecular formula is C34H37F5N2O2. The molecule has 4 rings (SSSR count). The normalized spacial score (nSPS) is 16.7. The molecule has 0 bridgehead atoms. The van der Waals surface area contributed by atoms with Gasteiger partial charge in [-0.25, -0.2) is 8.78 Å². The number of aliphatic imine (C=N–C) groups is 1. The van der Waals surface area contributed by atoms with E-state index in [4.69, 9.17) is 4.99 Å². The highest BCUT2D eigenvalue weighted by Gasteiger charge is 2.39. The Bertz CT molecular complexity index is 1360. The molecule has 0 fully saturated rings. The van der Waals surface area contributed by atoms with E-state index in [1.807, 2.05) is 17.0 Å². The Morgan fingerprint density at radius 2 is 1.37 bits per heavy atom. The zero-order valence-corrected chi connectivity index (χ0v) is 24.5. The molecule has 9 heteroatoms. The SMILES string of the molecule is CCCCCN(CCCCC)C(=O)[C@H]1CC(c2c(F)cccc2F)=N[C@H]1c1ccc(-c2ccc(OC(F)(F)F)cc2)cc1. The lowest BCUT2D eigenvalue weighted by atomic mass is 9.89. The lowest BCUT2D eigenvalue weighted by molar-refractivity contribution is -0.274. The first-order valence-corrected chi connectivity index (χ1v) is 14.9. The summed E-state index contributed by atoms with van der Waals surface area (Å²) in [7, 11) is 0. The Kier molecular flexibility index (Phi) is 10.9. The van der Waals surface area contributed by atoms with Crippen LogP contribution in [0.1, 0.15) is 76.0 Å². The maximum absolute atomic E-state index is 14.8. The van der Waals surface area contributed by atoms with Gasteiger partial charge >= 0.3 is 6.36 Å². The van der Waals surface area contributed by atoms with Crippen LogP contribution < -0.4 is 4.74 Å². The molecule has 3 aromatic rings. The molecule has 4 nitrogen and oxygen atoms in total. The minimum atomic E-state index is -4.77. The molecule has 0 radical (unpaired) electrons. The van der Waals surface area contributed by atoms with E-state index in [9.17, 15) is 26.7 Å². The van der Waals surface area contributed by atoms with Gasteiger partial charge < -0.3 is 9.64 Å². The number of hydrogen-bond acceptors (Lipinski definition) is 3. The first-order chi connectivity index (χ1) is 20.6. The second-order valence-electron chi connectivity index (χ2n) is 10.9. The number of amides is 1. The molecule has 0 unspecified atom stereocenters. The minimum Gasteiger partial charge on any atom is -0.406 e. The van der Waals surface area contributed by atoms with Crippen molar-refractivity contribution in [1.82, 2.24) is 4.90 Å². The summed E-state index contributed by atoms with van der Waals surface area (Å²) in [5.41, 5.74) is 2.16. The van der Waals surface area contributed by atoms with Crippen molar-refractivity contribution >= 4 is 11.6 Å². The lowest BCUT2D eigenvalue weighted by Crippen LogP contribution is -2.39. The quantitative estimate of drug-likeness (QED) is 0.145. The molecule has 1 heterocycles. The van der Waals surface area contributed by atoms with Crippen LogP contribution in [0.4, 0.5) is 22.0 Å². The summed E-state index contributed by atoms with van der Waals surface area (Å²) in [6, 6.07) is 15.8. The number of alkyl halides is 3. The van der Waals surface area contributed by atoms with E-state index in [0.29, 0.717) is 24.2 Å². The van der Waals surface area contributed by atoms with Gasteiger partial charge in [0, 0.05) is 25.2 Å². The summed E-state index contributed by atoms with van der Waals surface area (Å²) in [5.74, 6) is -2.45. The van der Waals surface area contributed by atoms with Crippen molar-refractivity contribution in [3.05, 3.63) is 89.5 Å². The number of benzene rings is 3. The van der Waals surface area contributed by atoms with Crippen LogP contribution >= 0.6 is 0 Å². The third-order valence-corrected chi connectivity index (χ3v) is 7.71. The van der Waals surface area contributed by atoms with E-state index >= 15 is 0 Å². The van der Waals surface area contributed by atoms with Crippen molar-refractivity contribution in [2.45, 2.75) is 71.2 Å². The fourth-order valence-corrected chi connectivity index (χ4v) is 5.49. The van der Waals surface area contributed by atoms with Crippen LogP contribution in [0.25, 0.3) is 11.1 Å². The van der Waals surface area contributed by atoms with Gasteiger partial charge in [-0.2, -0.15) is 0 Å². The molecule has 0 N–H and O–H groups in total. The molecule has 0 aliphatic carbocycles. The van der Waals surface area contributed by atoms with E-state index in [1.165, 1.54) is 42.5 Å². The fraction of sp³-hybridized carbons (Fsp3) is 0.412. The van der Waals surface area contributed by atoms with Crippen LogP contribution in [0.15, 0.2) is 71.7 Å². The number of hydrogen-bond donors (Lipinski definition) is 0. The Morgan fingerprint density at radius 1 is 0.837 bits per heavy atom. The Labute approximate surface area is 249 Å². The molecule has 0 saturated carbocycles. The Balaban J connectivity index is 1.64. The number of nitrogens with zero attached hydrogens (tertiary/aromatic N) is 2. The van der Waals surface area contributed by atoms with Crippen LogP contribution in [-0.2, 0) is 4.79 Å². The van der Waals surface area contributed by atoms with Crippen molar-refractivity contribution in [3.8, 4) is 16.9 Å². The molecule has 230 valence electrons. The van der Waals surface area contributed by atoms with Crippen LogP contribution in [0.2, 0.25) is 0 Å². The summed E-state index contributed by atoms with van der Waals surface area (Å²) in [6.45, 7) is 5.45. The van der Waals surface area contributed by atoms with Crippen LogP contribution in [0.3, 0.4) is 0 Å². The van der Waals surface area contributed by atoms with Gasteiger partial charge in [0.25, 0.3) is 0 Å². The van der Waals surface area contributed by atoms with Crippen molar-refractivity contribution in [3.63, 3.8) is 0 Å². The fourth-order valence-electron chi connectivity index (χ4n) is 5.49. The minimum absolute atomic E-state index is 0.0722. The number of halogens is 5. The predicted octanol–water partition coefficient (Wildman–Crippen LogP) is 9.29. The maximum atomic E-state index is 14.8. The Morgan fingerprint density at radius 3 is 1.88 bits per heavy atom. The summed E-state index contributed by atoms with van der Waals surface area (Å²) >= 11 is 0. The lowest BCUT2D eigenvalue weighted by Gasteiger charge is -2.28. The summed E-state index contributed by atoms with van der Waals surface area (Å²) < 4.78 is 71.1. The van der Waals surface area contributed by atoms with E-state index in [1.54, 1.807) is 12.1 Å². The third-order valence-electron chi connectivity index (χ3n) is 7.71. The van der Waals surface area contributed by atoms with Crippen LogP contribution in [0, 0.1) is 17.6 Å². The molecule has 0 aromatic heterocycles. The van der Waals surface area contributed by atoms with Gasteiger partial charge in [0.2, 0.25) is 5.91 Å². The van der Waals surface area contributed by atoms with E-state index in [0.717, 1.165) is 44.1 Å². The summed E-state index contributed by atoms with van der Waals surface area (Å²) in [5, 5.41) is 0. The standard InChI is InChI=1S/C34H37F5N2O2/c1-3-5-7-20-41(21-8-6-4-2)33(42)27-22-30(31-28(35)10-9-11-29(31)36)40-32(27)25-14-12-23(13-15-25)24-16-18-26(19-17-24)43-34(37,38)39/h9-19,27,32H,3-8,20-22H2,1-2H3/t27-,32-/m0/s1. The molecule has 0 saturated heterocycles. The third kappa shape index (κ3) is 8.42. The topological polar surface area (TPSA) is 41.9 Å². The number of rotatable bonds is 13. The molecular weight excluding hydrogens is 563 g/mol. The van der Waals surface area contributed by atoms with Crippen LogP contribution in [0.5, 0.6) is 5.75 Å². The van der Waals surface area contributed by atoms with Crippen molar-refractivity contribution in [2.75, 3.05) is 13.1 Å². The van der Waals surface area contributed by atoms with E-state index < -0.39 is 30.0 Å². The predicted molar refractivity (Wildman–Crippen MR) is 158 cm³/mol. The number of carbonyl (C=O) groups excluding carboxylic acids is 1. The molecule has 0 spiro atoms. The highest BCUT2D eigenvalue weighted by molar-refractivity contribution is 6.05. The van der Waals surface area contributed by atoms with E-state index in [-0.39, 0.29) is 29.4 Å². The largest absolute Gasteiger partial charge is 0.573 e. The molecule has 1 aliphatic heterocycles. The van der Waals surface area contributed by atoms with Crippen LogP contribution in [-0.4, -0.2) is 36.0 Å². The molecule has 2 atom stereocenters. The van der Waals surface area contributed by atoms with E-state index in [2.05, 4.69) is 18.6 Å². The zero-order chi connectivity index (χ0) is 31.0. The van der Waals surface area contributed by atoms with Crippen molar-refractivity contribution < 1.29 is 31.5 Å². The van der Waals surface area contributed by atoms with Gasteiger partial charge in [-0.05, 0) is 53.8 Å². The highest BCUT2D eigenvalue weighted by Crippen LogP contribution is 2.39. The van der Waals surface area contributed by atoms with Gasteiger partial charge in [0.05, 0.1) is 17.5 Å². The van der Waals surface area contributed by atoms with Gasteiger partial charge in [-0.1, -0.05) is 82.0 Å². The summed E-state index contributed by atoms with van der Waals surface area (Å²) in [4.78, 5) is 20.7. The first-order valence-electron chi connectivity index (χ1n) is 14.9. The monoisotopic (exact) mass is 600 g/mol. The number of ether oxygens (including phenoxy) is 1. The van der Waals surface area contributed by atoms with Gasteiger partial charge in [0.1, 0.15) is 17.4 Å². The van der Waals surface area contributed by atoms with Gasteiger partial charge in [0.15, 0.2) is 0 Å². The molecule has 1 aliphatic rings. The average Bonchev–Trinajstić information content (AvgIpc) is 3.41. The zero-order valence-electron chi connectivity index (χ0n) is 24.5. The van der Waals surface area contributed by atoms with Gasteiger partial charge in [-0.15, -0.1) is 13.2 Å². The highest BCUT2D eigenvalue weighted by atomic mass is 19.4. The number of carbonyl (C=O) groups is 1. The molecule has 43 heavy (non-hydrogen) atoms. The smallest absolute Gasteiger partial charge is 0.406 e. The summed E-state index contributed by atoms with van der Waals surface area (Å²) in [6.07, 6.45) is 1.14. The van der Waals surface area contributed by atoms with Crippen molar-refractivity contribution in [2.24, 2.45) is 10.9 Å². The average molecular weight is 601 g/mol. The molecule has 1 amide bonds. The second-order valence-corrected chi connectivity index (χ2v) is 10.9. The first kappa shape index (κ1) is 32.2. The van der Waals surface area contributed by atoms with Gasteiger partial charge in [-0.3, -0.25) is 9.79 Å². The number of unbranched alkanes of at least 4 members (excludes halogenated alkanes) is 4.